The van der Waals surface area contributed by atoms with Gasteiger partial charge in [0, 0.05) is 9.58 Å². The average Bonchev–Trinajstić information content (AvgIpc) is 3.15. The summed E-state index contributed by atoms with van der Waals surface area (Å²) in [4.78, 5) is 1.61. The Hall–Kier alpha value is -0.820. The van der Waals surface area contributed by atoms with Crippen LogP contribution in [-0.4, -0.2) is 0 Å². The largest absolute Gasteiger partial charge is 0.140 e. The van der Waals surface area contributed by atoms with E-state index in [-0.39, 0.29) is 0 Å². The van der Waals surface area contributed by atoms with Gasteiger partial charge in [-0.3, -0.25) is 0 Å². The molecule has 0 N–H and O–H groups in total. The maximum atomic E-state index is 2.47. The second-order valence-corrected chi connectivity index (χ2v) is 10.1. The maximum Gasteiger partial charge on any atom is 0.0377 e. The molecular weight excluding hydrogens is 368 g/mol. The molecule has 0 bridgehead atoms. The van der Waals surface area contributed by atoms with Crippen molar-refractivity contribution >= 4 is 21.4 Å². The van der Waals surface area contributed by atoms with Gasteiger partial charge in [-0.15, -0.1) is 11.3 Å². The van der Waals surface area contributed by atoms with Crippen molar-refractivity contribution in [3.63, 3.8) is 0 Å². The summed E-state index contributed by atoms with van der Waals surface area (Å²) >= 11 is 2.08. The lowest BCUT2D eigenvalue weighted by molar-refractivity contribution is 0.576. The van der Waals surface area contributed by atoms with Gasteiger partial charge in [-0.1, -0.05) is 122 Å². The Morgan fingerprint density at radius 1 is 0.586 bits per heavy atom. The number of hydrogen-bond acceptors (Lipinski definition) is 1. The highest BCUT2D eigenvalue weighted by atomic mass is 32.1. The van der Waals surface area contributed by atoms with E-state index in [1.807, 2.05) is 0 Å². The molecule has 0 aliphatic rings. The summed E-state index contributed by atoms with van der Waals surface area (Å²) < 4.78 is 1.57. The Labute approximate surface area is 185 Å². The highest BCUT2D eigenvalue weighted by Crippen LogP contribution is 2.31. The van der Waals surface area contributed by atoms with E-state index >= 15 is 0 Å². The minimum atomic E-state index is 1.27. The molecule has 0 radical (unpaired) electrons. The first kappa shape index (κ1) is 24.4. The molecule has 0 atom stereocenters. The summed E-state index contributed by atoms with van der Waals surface area (Å²) in [5, 5.41) is 1.49. The summed E-state index contributed by atoms with van der Waals surface area (Å²) in [6, 6.07) is 9.44. The van der Waals surface area contributed by atoms with Crippen LogP contribution in [0.1, 0.15) is 127 Å². The van der Waals surface area contributed by atoms with Crippen molar-refractivity contribution < 1.29 is 0 Å². The van der Waals surface area contributed by atoms with Crippen LogP contribution < -0.4 is 0 Å². The molecule has 0 nitrogen and oxygen atoms in total. The third-order valence-electron chi connectivity index (χ3n) is 6.25. The van der Waals surface area contributed by atoms with E-state index in [0.717, 1.165) is 0 Å². The van der Waals surface area contributed by atoms with Gasteiger partial charge < -0.3 is 0 Å². The second-order valence-electron chi connectivity index (χ2n) is 9.00. The molecule has 164 valence electrons. The van der Waals surface area contributed by atoms with Crippen LogP contribution in [0.25, 0.3) is 10.1 Å². The molecule has 0 saturated carbocycles. The predicted molar refractivity (Wildman–Crippen MR) is 134 cm³/mol. The highest BCUT2D eigenvalue weighted by molar-refractivity contribution is 7.19. The van der Waals surface area contributed by atoms with Gasteiger partial charge in [0.1, 0.15) is 0 Å². The Bertz CT molecular complexity index is 639. The van der Waals surface area contributed by atoms with Gasteiger partial charge in [-0.25, -0.2) is 0 Å². The fraction of sp³-hybridized carbons (Fsp3) is 0.714. The highest BCUT2D eigenvalue weighted by Gasteiger charge is 2.06. The minimum Gasteiger partial charge on any atom is -0.140 e. The lowest BCUT2D eigenvalue weighted by atomic mass is 10.0. The zero-order chi connectivity index (χ0) is 20.6. The van der Waals surface area contributed by atoms with Gasteiger partial charge in [0.05, 0.1) is 0 Å². The number of fused-ring (bicyclic) bond motifs is 1. The summed E-state index contributed by atoms with van der Waals surface area (Å²) in [5.41, 5.74) is 1.60. The van der Waals surface area contributed by atoms with E-state index in [0.29, 0.717) is 0 Å². The van der Waals surface area contributed by atoms with Gasteiger partial charge in [-0.05, 0) is 42.7 Å². The number of aryl methyl sites for hydroxylation is 2. The van der Waals surface area contributed by atoms with Crippen LogP contribution in [0.15, 0.2) is 24.3 Å². The molecule has 0 unspecified atom stereocenters. The first-order valence-corrected chi connectivity index (χ1v) is 13.7. The fourth-order valence-corrected chi connectivity index (χ4v) is 5.62. The standard InChI is InChI=1S/C28H46S/c1-3-5-7-9-11-13-15-17-20-25-21-19-22-26-24-27(29-28(25)26)23-18-16-14-12-10-8-6-4-2/h19,21-22,24H,3-18,20,23H2,1-2H3. The summed E-state index contributed by atoms with van der Waals surface area (Å²) in [7, 11) is 0. The van der Waals surface area contributed by atoms with Crippen LogP contribution in [0.2, 0.25) is 0 Å². The van der Waals surface area contributed by atoms with Crippen molar-refractivity contribution in [1.29, 1.82) is 0 Å². The van der Waals surface area contributed by atoms with Crippen molar-refractivity contribution in [3.05, 3.63) is 34.7 Å². The molecule has 0 spiro atoms. The van der Waals surface area contributed by atoms with Gasteiger partial charge >= 0.3 is 0 Å². The number of unbranched alkanes of at least 4 members (excludes halogenated alkanes) is 14. The molecule has 1 heterocycles. The zero-order valence-electron chi connectivity index (χ0n) is 19.4. The normalized spacial score (nSPS) is 11.5. The molecule has 2 rings (SSSR count). The van der Waals surface area contributed by atoms with Gasteiger partial charge in [0.2, 0.25) is 0 Å². The predicted octanol–water partition coefficient (Wildman–Crippen LogP) is 10.3. The smallest absolute Gasteiger partial charge is 0.0377 e. The second kappa shape index (κ2) is 15.9. The first-order chi connectivity index (χ1) is 14.3. The van der Waals surface area contributed by atoms with Gasteiger partial charge in [0.25, 0.3) is 0 Å². The molecule has 0 saturated heterocycles. The number of hydrogen-bond donors (Lipinski definition) is 0. The Morgan fingerprint density at radius 2 is 1.10 bits per heavy atom. The average molecular weight is 415 g/mol. The molecule has 29 heavy (non-hydrogen) atoms. The van der Waals surface area contributed by atoms with Crippen molar-refractivity contribution in [2.45, 2.75) is 129 Å². The Balaban J connectivity index is 1.66. The van der Waals surface area contributed by atoms with E-state index in [9.17, 15) is 0 Å². The molecule has 1 aromatic heterocycles. The van der Waals surface area contributed by atoms with Crippen LogP contribution in [-0.2, 0) is 12.8 Å². The van der Waals surface area contributed by atoms with Crippen LogP contribution in [0, 0.1) is 0 Å². The molecule has 1 aromatic carbocycles. The van der Waals surface area contributed by atoms with Crippen LogP contribution >= 0.6 is 11.3 Å². The van der Waals surface area contributed by atoms with Crippen LogP contribution in [0.5, 0.6) is 0 Å². The van der Waals surface area contributed by atoms with E-state index in [2.05, 4.69) is 49.4 Å². The quantitative estimate of drug-likeness (QED) is 0.213. The molecule has 2 aromatic rings. The molecule has 1 heteroatoms. The van der Waals surface area contributed by atoms with E-state index in [1.54, 1.807) is 15.1 Å². The molecule has 0 aliphatic heterocycles. The number of benzene rings is 1. The zero-order valence-corrected chi connectivity index (χ0v) is 20.3. The number of thiophene rings is 1. The summed E-state index contributed by atoms with van der Waals surface area (Å²) in [6.07, 6.45) is 25.1. The molecule has 0 aliphatic carbocycles. The SMILES string of the molecule is CCCCCCCCCCc1cc2cccc(CCCCCCCCCC)c2s1. The first-order valence-electron chi connectivity index (χ1n) is 12.9. The number of rotatable bonds is 18. The summed E-state index contributed by atoms with van der Waals surface area (Å²) in [6.45, 7) is 4.60. The van der Waals surface area contributed by atoms with E-state index in [4.69, 9.17) is 0 Å². The van der Waals surface area contributed by atoms with Gasteiger partial charge in [-0.2, -0.15) is 0 Å². The van der Waals surface area contributed by atoms with Crippen molar-refractivity contribution in [2.24, 2.45) is 0 Å². The Kier molecular flexibility index (Phi) is 13.4. The summed E-state index contributed by atoms with van der Waals surface area (Å²) in [5.74, 6) is 0. The minimum absolute atomic E-state index is 1.27. The van der Waals surface area contributed by atoms with E-state index in [1.165, 1.54) is 121 Å². The molecular formula is C28H46S. The topological polar surface area (TPSA) is 0 Å². The third-order valence-corrected chi connectivity index (χ3v) is 7.54. The lowest BCUT2D eigenvalue weighted by Gasteiger charge is -2.04. The lowest BCUT2D eigenvalue weighted by Crippen LogP contribution is -1.86. The molecule has 0 fully saturated rings. The van der Waals surface area contributed by atoms with Crippen molar-refractivity contribution in [2.75, 3.05) is 0 Å². The fourth-order valence-electron chi connectivity index (χ4n) is 4.38. The van der Waals surface area contributed by atoms with Crippen LogP contribution in [0.4, 0.5) is 0 Å². The third kappa shape index (κ3) is 10.2. The Morgan fingerprint density at radius 3 is 1.69 bits per heavy atom. The van der Waals surface area contributed by atoms with Crippen molar-refractivity contribution in [1.82, 2.24) is 0 Å². The van der Waals surface area contributed by atoms with Crippen LogP contribution in [0.3, 0.4) is 0 Å². The maximum absolute atomic E-state index is 2.47. The molecule has 0 amide bonds. The van der Waals surface area contributed by atoms with Crippen molar-refractivity contribution in [3.8, 4) is 0 Å². The van der Waals surface area contributed by atoms with Gasteiger partial charge in [0.15, 0.2) is 0 Å². The van der Waals surface area contributed by atoms with E-state index < -0.39 is 0 Å². The monoisotopic (exact) mass is 414 g/mol.